The Bertz CT molecular complexity index is 936. The number of hydrogen-bond acceptors (Lipinski definition) is 3. The summed E-state index contributed by atoms with van der Waals surface area (Å²) < 4.78 is 0. The van der Waals surface area contributed by atoms with E-state index in [4.69, 9.17) is 23.2 Å². The van der Waals surface area contributed by atoms with Gasteiger partial charge in [-0.1, -0.05) is 59.6 Å². The fourth-order valence-corrected chi connectivity index (χ4v) is 4.14. The third-order valence-corrected chi connectivity index (χ3v) is 5.64. The number of piperazine rings is 1. The van der Waals surface area contributed by atoms with Crippen LogP contribution >= 0.6 is 23.2 Å². The number of benzene rings is 3. The summed E-state index contributed by atoms with van der Waals surface area (Å²) in [6.45, 7) is 4.33. The van der Waals surface area contributed by atoms with Gasteiger partial charge in [-0.25, -0.2) is 0 Å². The molecule has 3 aromatic rings. The third kappa shape index (κ3) is 3.35. The van der Waals surface area contributed by atoms with E-state index in [1.807, 2.05) is 48.5 Å². The quantitative estimate of drug-likeness (QED) is 0.671. The van der Waals surface area contributed by atoms with Gasteiger partial charge in [0, 0.05) is 54.1 Å². The van der Waals surface area contributed by atoms with Gasteiger partial charge in [0.1, 0.15) is 5.75 Å². The largest absolute Gasteiger partial charge is 0.507 e. The van der Waals surface area contributed by atoms with Crippen molar-refractivity contribution >= 4 is 39.7 Å². The maximum atomic E-state index is 10.7. The number of para-hydroxylation sites is 1. The Morgan fingerprint density at radius 3 is 2.19 bits per heavy atom. The van der Waals surface area contributed by atoms with Crippen molar-refractivity contribution in [3.05, 3.63) is 70.2 Å². The van der Waals surface area contributed by atoms with Crippen molar-refractivity contribution in [3.63, 3.8) is 0 Å². The standard InChI is InChI=1S/C21H20Cl2N2O/c22-18-7-3-4-8-20(18)25-11-9-24(10-12-25)14-15-13-19(23)16-5-1-2-6-17(16)21(15)26/h1-8,13,26H,9-12,14H2. The normalized spacial score (nSPS) is 15.5. The van der Waals surface area contributed by atoms with Crippen molar-refractivity contribution < 1.29 is 5.11 Å². The van der Waals surface area contributed by atoms with E-state index in [1.54, 1.807) is 0 Å². The zero-order valence-electron chi connectivity index (χ0n) is 14.3. The van der Waals surface area contributed by atoms with Gasteiger partial charge in [-0.3, -0.25) is 4.90 Å². The molecule has 0 saturated carbocycles. The monoisotopic (exact) mass is 386 g/mol. The molecule has 1 aliphatic rings. The second kappa shape index (κ2) is 7.36. The van der Waals surface area contributed by atoms with Crippen LogP contribution in [0.1, 0.15) is 5.56 Å². The minimum Gasteiger partial charge on any atom is -0.507 e. The second-order valence-electron chi connectivity index (χ2n) is 6.63. The Kier molecular flexibility index (Phi) is 4.94. The fraction of sp³-hybridized carbons (Fsp3) is 0.238. The molecule has 0 unspecified atom stereocenters. The molecule has 1 heterocycles. The van der Waals surface area contributed by atoms with Crippen LogP contribution < -0.4 is 4.90 Å². The number of rotatable bonds is 3. The molecule has 134 valence electrons. The molecule has 1 fully saturated rings. The molecule has 1 N–H and O–H groups in total. The van der Waals surface area contributed by atoms with Crippen molar-refractivity contribution in [2.24, 2.45) is 0 Å². The number of aromatic hydroxyl groups is 1. The molecule has 1 saturated heterocycles. The summed E-state index contributed by atoms with van der Waals surface area (Å²) in [6.07, 6.45) is 0. The van der Waals surface area contributed by atoms with Crippen LogP contribution in [-0.2, 0) is 6.54 Å². The summed E-state index contributed by atoms with van der Waals surface area (Å²) in [5.74, 6) is 0.332. The van der Waals surface area contributed by atoms with Crippen LogP contribution in [0.2, 0.25) is 10.0 Å². The number of phenols is 1. The molecular formula is C21H20Cl2N2O. The molecule has 0 radical (unpaired) electrons. The van der Waals surface area contributed by atoms with E-state index in [0.717, 1.165) is 53.2 Å². The summed E-state index contributed by atoms with van der Waals surface area (Å²) in [5.41, 5.74) is 1.96. The second-order valence-corrected chi connectivity index (χ2v) is 7.44. The number of anilines is 1. The highest BCUT2D eigenvalue weighted by molar-refractivity contribution is 6.36. The lowest BCUT2D eigenvalue weighted by Gasteiger charge is -2.36. The molecule has 26 heavy (non-hydrogen) atoms. The van der Waals surface area contributed by atoms with E-state index in [0.29, 0.717) is 17.3 Å². The first-order valence-electron chi connectivity index (χ1n) is 8.74. The van der Waals surface area contributed by atoms with Crippen molar-refractivity contribution in [2.75, 3.05) is 31.1 Å². The van der Waals surface area contributed by atoms with Crippen molar-refractivity contribution in [2.45, 2.75) is 6.54 Å². The van der Waals surface area contributed by atoms with Gasteiger partial charge in [0.25, 0.3) is 0 Å². The van der Waals surface area contributed by atoms with E-state index < -0.39 is 0 Å². The topological polar surface area (TPSA) is 26.7 Å². The minimum atomic E-state index is 0.332. The Labute approximate surface area is 163 Å². The number of halogens is 2. The Morgan fingerprint density at radius 1 is 0.808 bits per heavy atom. The number of nitrogens with zero attached hydrogens (tertiary/aromatic N) is 2. The first-order chi connectivity index (χ1) is 12.6. The smallest absolute Gasteiger partial charge is 0.127 e. The number of fused-ring (bicyclic) bond motifs is 1. The summed E-state index contributed by atoms with van der Waals surface area (Å²) in [7, 11) is 0. The molecule has 0 bridgehead atoms. The number of hydrogen-bond donors (Lipinski definition) is 1. The average molecular weight is 387 g/mol. The van der Waals surface area contributed by atoms with Gasteiger partial charge in [-0.05, 0) is 18.2 Å². The summed E-state index contributed by atoms with van der Waals surface area (Å²) in [5, 5.41) is 13.8. The molecule has 0 amide bonds. The van der Waals surface area contributed by atoms with E-state index in [2.05, 4.69) is 15.9 Å². The van der Waals surface area contributed by atoms with Gasteiger partial charge >= 0.3 is 0 Å². The van der Waals surface area contributed by atoms with Crippen LogP contribution in [0.5, 0.6) is 5.75 Å². The van der Waals surface area contributed by atoms with Crippen molar-refractivity contribution in [3.8, 4) is 5.75 Å². The predicted molar refractivity (Wildman–Crippen MR) is 110 cm³/mol. The molecule has 5 heteroatoms. The molecule has 1 aliphatic heterocycles. The lowest BCUT2D eigenvalue weighted by molar-refractivity contribution is 0.247. The zero-order chi connectivity index (χ0) is 18.1. The molecule has 0 atom stereocenters. The molecule has 0 aliphatic carbocycles. The van der Waals surface area contributed by atoms with Gasteiger partial charge in [0.05, 0.1) is 10.7 Å². The van der Waals surface area contributed by atoms with Gasteiger partial charge in [0.2, 0.25) is 0 Å². The van der Waals surface area contributed by atoms with Crippen LogP contribution in [0.3, 0.4) is 0 Å². The lowest BCUT2D eigenvalue weighted by Crippen LogP contribution is -2.46. The summed E-state index contributed by atoms with van der Waals surface area (Å²) in [6, 6.07) is 17.5. The van der Waals surface area contributed by atoms with Gasteiger partial charge in [0.15, 0.2) is 0 Å². The minimum absolute atomic E-state index is 0.332. The molecule has 3 nitrogen and oxygen atoms in total. The first kappa shape index (κ1) is 17.5. The van der Waals surface area contributed by atoms with E-state index in [9.17, 15) is 5.11 Å². The van der Waals surface area contributed by atoms with Crippen molar-refractivity contribution in [1.29, 1.82) is 0 Å². The summed E-state index contributed by atoms with van der Waals surface area (Å²) in [4.78, 5) is 4.65. The average Bonchev–Trinajstić information content (AvgIpc) is 2.67. The van der Waals surface area contributed by atoms with E-state index in [-0.39, 0.29) is 0 Å². The zero-order valence-corrected chi connectivity index (χ0v) is 15.8. The van der Waals surface area contributed by atoms with Gasteiger partial charge in [-0.2, -0.15) is 0 Å². The van der Waals surface area contributed by atoms with Crippen LogP contribution in [-0.4, -0.2) is 36.2 Å². The third-order valence-electron chi connectivity index (χ3n) is 5.00. The lowest BCUT2D eigenvalue weighted by atomic mass is 10.0. The molecule has 0 spiro atoms. The van der Waals surface area contributed by atoms with Crippen LogP contribution in [0.4, 0.5) is 5.69 Å². The van der Waals surface area contributed by atoms with E-state index in [1.165, 1.54) is 0 Å². The van der Waals surface area contributed by atoms with Gasteiger partial charge in [-0.15, -0.1) is 0 Å². The van der Waals surface area contributed by atoms with Crippen molar-refractivity contribution in [1.82, 2.24) is 4.90 Å². The highest BCUT2D eigenvalue weighted by atomic mass is 35.5. The fourth-order valence-electron chi connectivity index (χ4n) is 3.59. The Morgan fingerprint density at radius 2 is 1.46 bits per heavy atom. The Balaban J connectivity index is 1.49. The highest BCUT2D eigenvalue weighted by Crippen LogP contribution is 2.35. The predicted octanol–water partition coefficient (Wildman–Crippen LogP) is 5.17. The maximum absolute atomic E-state index is 10.7. The molecule has 3 aromatic carbocycles. The molecule has 0 aromatic heterocycles. The van der Waals surface area contributed by atoms with Crippen LogP contribution in [0, 0.1) is 0 Å². The number of phenolic OH excluding ortho intramolecular Hbond substituents is 1. The Hall–Kier alpha value is -1.94. The SMILES string of the molecule is Oc1c(CN2CCN(c3ccccc3Cl)CC2)cc(Cl)c2ccccc12. The van der Waals surface area contributed by atoms with Crippen LogP contribution in [0.25, 0.3) is 10.8 Å². The van der Waals surface area contributed by atoms with Gasteiger partial charge < -0.3 is 10.0 Å². The molecular weight excluding hydrogens is 367 g/mol. The first-order valence-corrected chi connectivity index (χ1v) is 9.50. The summed E-state index contributed by atoms with van der Waals surface area (Å²) >= 11 is 12.7. The van der Waals surface area contributed by atoms with E-state index >= 15 is 0 Å². The molecule has 4 rings (SSSR count). The maximum Gasteiger partial charge on any atom is 0.127 e. The van der Waals surface area contributed by atoms with Crippen LogP contribution in [0.15, 0.2) is 54.6 Å². The highest BCUT2D eigenvalue weighted by Gasteiger charge is 2.20.